The first-order chi connectivity index (χ1) is 12.3. The van der Waals surface area contributed by atoms with Gasteiger partial charge in [0.05, 0.1) is 6.10 Å². The van der Waals surface area contributed by atoms with Crippen molar-refractivity contribution in [2.75, 3.05) is 6.61 Å². The summed E-state index contributed by atoms with van der Waals surface area (Å²) in [6.45, 7) is 3.74. The Bertz CT molecular complexity index is 695. The van der Waals surface area contributed by atoms with Gasteiger partial charge < -0.3 is 9.84 Å². The van der Waals surface area contributed by atoms with Gasteiger partial charge in [-0.25, -0.2) is 0 Å². The zero-order chi connectivity index (χ0) is 18.7. The molecule has 0 aromatic heterocycles. The molecule has 26 heavy (non-hydrogen) atoms. The van der Waals surface area contributed by atoms with Crippen LogP contribution in [0.3, 0.4) is 0 Å². The third-order valence-corrected chi connectivity index (χ3v) is 7.95. The van der Waals surface area contributed by atoms with Crippen molar-refractivity contribution in [3.63, 3.8) is 0 Å². The summed E-state index contributed by atoms with van der Waals surface area (Å²) in [5.41, 5.74) is 0.0496. The molecule has 0 spiro atoms. The Balaban J connectivity index is 1.75. The second-order valence-electron chi connectivity index (χ2n) is 9.05. The minimum absolute atomic E-state index is 0.0487. The summed E-state index contributed by atoms with van der Waals surface area (Å²) in [6.07, 6.45) is 5.88. The van der Waals surface area contributed by atoms with Crippen molar-refractivity contribution in [1.82, 2.24) is 0 Å². The topological polar surface area (TPSA) is 80.7 Å². The molecule has 0 bridgehead atoms. The van der Waals surface area contributed by atoms with Gasteiger partial charge in [-0.15, -0.1) is 0 Å². The third kappa shape index (κ3) is 2.43. The number of carbonyl (C=O) groups excluding carboxylic acids is 3. The van der Waals surface area contributed by atoms with Gasteiger partial charge in [0.15, 0.2) is 5.78 Å². The molecule has 0 radical (unpaired) electrons. The first kappa shape index (κ1) is 17.9. The zero-order valence-electron chi connectivity index (χ0n) is 15.6. The molecule has 0 unspecified atom stereocenters. The summed E-state index contributed by atoms with van der Waals surface area (Å²) in [5, 5.41) is 10.9. The van der Waals surface area contributed by atoms with Crippen LogP contribution in [-0.2, 0) is 19.1 Å². The summed E-state index contributed by atoms with van der Waals surface area (Å²) in [5.74, 6) is 0.877. The Morgan fingerprint density at radius 1 is 1.23 bits per heavy atom. The van der Waals surface area contributed by atoms with Crippen LogP contribution in [0.1, 0.15) is 58.8 Å². The molecule has 0 aromatic carbocycles. The first-order valence-corrected chi connectivity index (χ1v) is 9.87. The molecule has 0 amide bonds. The first-order valence-electron chi connectivity index (χ1n) is 9.87. The number of fused-ring (bicyclic) bond motifs is 5. The van der Waals surface area contributed by atoms with Crippen LogP contribution in [0, 0.1) is 28.6 Å². The molecular formula is C21H28O5. The number of rotatable bonds is 2. The monoisotopic (exact) mass is 360 g/mol. The van der Waals surface area contributed by atoms with Crippen molar-refractivity contribution < 1.29 is 24.2 Å². The van der Waals surface area contributed by atoms with Gasteiger partial charge in [0.2, 0.25) is 0 Å². The lowest BCUT2D eigenvalue weighted by molar-refractivity contribution is -0.153. The molecule has 4 aliphatic rings. The van der Waals surface area contributed by atoms with Gasteiger partial charge in [-0.2, -0.15) is 0 Å². The van der Waals surface area contributed by atoms with Crippen LogP contribution in [0.4, 0.5) is 0 Å². The van der Waals surface area contributed by atoms with Gasteiger partial charge in [-0.1, -0.05) is 6.92 Å². The summed E-state index contributed by atoms with van der Waals surface area (Å²) in [4.78, 5) is 36.1. The molecule has 0 aliphatic heterocycles. The molecule has 3 saturated carbocycles. The highest BCUT2D eigenvalue weighted by atomic mass is 16.5. The zero-order valence-corrected chi connectivity index (χ0v) is 15.6. The molecule has 0 saturated heterocycles. The summed E-state index contributed by atoms with van der Waals surface area (Å²) >= 11 is 0. The van der Waals surface area contributed by atoms with Crippen LogP contribution in [0.5, 0.6) is 0 Å². The SMILES string of the molecule is CC(=O)OC[C@]12CCC(=O)C=C1[C@H](O)C[C@@H]1[C@@H]2CC[C@]2(C)C(=O)CC[C@@H]12. The molecule has 0 heterocycles. The maximum atomic E-state index is 12.5. The quantitative estimate of drug-likeness (QED) is 0.766. The highest BCUT2D eigenvalue weighted by molar-refractivity contribution is 5.92. The molecule has 4 rings (SSSR count). The fourth-order valence-corrected chi connectivity index (χ4v) is 6.66. The second-order valence-corrected chi connectivity index (χ2v) is 9.05. The van der Waals surface area contributed by atoms with Crippen LogP contribution in [0.2, 0.25) is 0 Å². The van der Waals surface area contributed by atoms with Gasteiger partial charge in [-0.05, 0) is 61.5 Å². The van der Waals surface area contributed by atoms with Gasteiger partial charge in [0.1, 0.15) is 12.4 Å². The van der Waals surface area contributed by atoms with Crippen molar-refractivity contribution in [3.05, 3.63) is 11.6 Å². The van der Waals surface area contributed by atoms with Crippen LogP contribution in [0.15, 0.2) is 11.6 Å². The highest BCUT2D eigenvalue weighted by Gasteiger charge is 2.62. The number of carbonyl (C=O) groups is 3. The number of aliphatic hydroxyl groups is 1. The molecule has 3 fully saturated rings. The summed E-state index contributed by atoms with van der Waals surface area (Å²) in [6, 6.07) is 0. The van der Waals surface area contributed by atoms with Crippen LogP contribution in [-0.4, -0.2) is 35.4 Å². The Kier molecular flexibility index (Phi) is 4.14. The normalized spacial score (nSPS) is 44.7. The highest BCUT2D eigenvalue weighted by Crippen LogP contribution is 2.64. The molecule has 4 aliphatic carbocycles. The Morgan fingerprint density at radius 3 is 2.73 bits per heavy atom. The second kappa shape index (κ2) is 6.01. The molecule has 5 heteroatoms. The van der Waals surface area contributed by atoms with E-state index < -0.39 is 11.5 Å². The maximum absolute atomic E-state index is 12.5. The van der Waals surface area contributed by atoms with Crippen LogP contribution in [0.25, 0.3) is 0 Å². The number of hydrogen-bond acceptors (Lipinski definition) is 5. The van der Waals surface area contributed by atoms with E-state index in [1.54, 1.807) is 6.08 Å². The van der Waals surface area contributed by atoms with Gasteiger partial charge in [0.25, 0.3) is 0 Å². The number of Topliss-reactive ketones (excluding diaryl/α,β-unsaturated/α-hetero) is 1. The standard InChI is InChI=1S/C21H28O5/c1-12(22)26-11-21-8-5-13(23)9-17(21)18(24)10-14-15-3-4-19(25)20(15,2)7-6-16(14)21/h9,14-16,18,24H,3-8,10-11H2,1-2H3/t14-,15-,16-,18+,20-,21-/m0/s1. The van der Waals surface area contributed by atoms with Crippen molar-refractivity contribution in [1.29, 1.82) is 0 Å². The van der Waals surface area contributed by atoms with E-state index in [0.29, 0.717) is 31.5 Å². The van der Waals surface area contributed by atoms with E-state index >= 15 is 0 Å². The fraction of sp³-hybridized carbons (Fsp3) is 0.762. The van der Waals surface area contributed by atoms with Crippen LogP contribution < -0.4 is 0 Å². The number of ketones is 2. The summed E-state index contributed by atoms with van der Waals surface area (Å²) < 4.78 is 5.46. The molecule has 6 atom stereocenters. The van der Waals surface area contributed by atoms with Crippen molar-refractivity contribution in [3.8, 4) is 0 Å². The number of aliphatic hydroxyl groups excluding tert-OH is 1. The van der Waals surface area contributed by atoms with E-state index in [1.165, 1.54) is 6.92 Å². The average molecular weight is 360 g/mol. The smallest absolute Gasteiger partial charge is 0.302 e. The Morgan fingerprint density at radius 2 is 2.00 bits per heavy atom. The van der Waals surface area contributed by atoms with Gasteiger partial charge >= 0.3 is 5.97 Å². The lowest BCUT2D eigenvalue weighted by atomic mass is 9.46. The van der Waals surface area contributed by atoms with E-state index in [-0.39, 0.29) is 41.5 Å². The van der Waals surface area contributed by atoms with E-state index in [4.69, 9.17) is 4.74 Å². The molecular weight excluding hydrogens is 332 g/mol. The molecule has 0 aromatic rings. The fourth-order valence-electron chi connectivity index (χ4n) is 6.66. The predicted molar refractivity (Wildman–Crippen MR) is 94.1 cm³/mol. The number of esters is 1. The van der Waals surface area contributed by atoms with Crippen molar-refractivity contribution >= 4 is 17.5 Å². The van der Waals surface area contributed by atoms with E-state index in [1.807, 2.05) is 0 Å². The Labute approximate surface area is 154 Å². The van der Waals surface area contributed by atoms with E-state index in [0.717, 1.165) is 24.8 Å². The Hall–Kier alpha value is -1.49. The number of ether oxygens (including phenoxy) is 1. The van der Waals surface area contributed by atoms with Crippen molar-refractivity contribution in [2.45, 2.75) is 64.9 Å². The summed E-state index contributed by atoms with van der Waals surface area (Å²) in [7, 11) is 0. The molecule has 1 N–H and O–H groups in total. The maximum Gasteiger partial charge on any atom is 0.302 e. The van der Waals surface area contributed by atoms with E-state index in [2.05, 4.69) is 6.92 Å². The lowest BCUT2D eigenvalue weighted by Crippen LogP contribution is -2.56. The minimum atomic E-state index is -0.686. The van der Waals surface area contributed by atoms with E-state index in [9.17, 15) is 19.5 Å². The third-order valence-electron chi connectivity index (χ3n) is 7.95. The van der Waals surface area contributed by atoms with Gasteiger partial charge in [0, 0.05) is 30.6 Å². The van der Waals surface area contributed by atoms with Gasteiger partial charge in [-0.3, -0.25) is 14.4 Å². The minimum Gasteiger partial charge on any atom is -0.465 e. The predicted octanol–water partition coefficient (Wildman–Crippen LogP) is 2.60. The largest absolute Gasteiger partial charge is 0.465 e. The number of hydrogen-bond donors (Lipinski definition) is 1. The lowest BCUT2D eigenvalue weighted by Gasteiger charge is -2.58. The average Bonchev–Trinajstić information content (AvgIpc) is 2.90. The van der Waals surface area contributed by atoms with Crippen LogP contribution >= 0.6 is 0 Å². The van der Waals surface area contributed by atoms with Crippen molar-refractivity contribution in [2.24, 2.45) is 28.6 Å². The molecule has 142 valence electrons. The molecule has 5 nitrogen and oxygen atoms in total.